The fraction of sp³-hybridized carbons (Fsp3) is 0.100. The van der Waals surface area contributed by atoms with E-state index in [1.54, 1.807) is 0 Å². The molecule has 0 unspecified atom stereocenters. The number of nitrogens with one attached hydrogen (secondary N) is 2. The molecule has 0 spiro atoms. The summed E-state index contributed by atoms with van der Waals surface area (Å²) in [6.45, 7) is 0.386. The molecule has 0 fully saturated rings. The van der Waals surface area contributed by atoms with Gasteiger partial charge in [-0.05, 0) is 41.8 Å². The molecule has 3 N–H and O–H groups in total. The van der Waals surface area contributed by atoms with Crippen LogP contribution in [0.25, 0.3) is 17.0 Å². The number of phenolic OH excluding ortho intramolecular Hbond substituents is 1. The average molecular weight is 400 g/mol. The van der Waals surface area contributed by atoms with E-state index in [2.05, 4.69) is 10.3 Å². The highest BCUT2D eigenvalue weighted by Crippen LogP contribution is 2.33. The lowest BCUT2D eigenvalue weighted by molar-refractivity contribution is -0.117. The summed E-state index contributed by atoms with van der Waals surface area (Å²) in [5.41, 5.74) is 2.50. The van der Waals surface area contributed by atoms with E-state index in [1.807, 2.05) is 36.5 Å². The predicted molar refractivity (Wildman–Crippen MR) is 107 cm³/mol. The van der Waals surface area contributed by atoms with Crippen molar-refractivity contribution < 1.29 is 9.90 Å². The molecule has 3 aromatic rings. The Balaban J connectivity index is 1.68. The summed E-state index contributed by atoms with van der Waals surface area (Å²) in [6, 6.07) is 12.7. The number of amides is 1. The molecule has 1 aromatic heterocycles. The second-order valence-corrected chi connectivity index (χ2v) is 6.68. The SMILES string of the molecule is N#C/C(=C\c1cc(Cl)c(O)c(Cl)c1)C(=O)NCCc1c[nH]c2ccccc12. The molecule has 0 saturated heterocycles. The second-order valence-electron chi connectivity index (χ2n) is 5.87. The van der Waals surface area contributed by atoms with Crippen molar-refractivity contribution >= 4 is 46.1 Å². The Bertz CT molecular complexity index is 1060. The first-order valence-corrected chi connectivity index (χ1v) is 8.88. The van der Waals surface area contributed by atoms with Crippen LogP contribution in [0, 0.1) is 11.3 Å². The zero-order valence-corrected chi connectivity index (χ0v) is 15.6. The molecule has 0 bridgehead atoms. The zero-order valence-electron chi connectivity index (χ0n) is 14.1. The van der Waals surface area contributed by atoms with Crippen molar-refractivity contribution in [1.82, 2.24) is 10.3 Å². The van der Waals surface area contributed by atoms with Crippen LogP contribution in [0.1, 0.15) is 11.1 Å². The molecule has 0 radical (unpaired) electrons. The van der Waals surface area contributed by atoms with Crippen molar-refractivity contribution in [2.45, 2.75) is 6.42 Å². The van der Waals surface area contributed by atoms with Gasteiger partial charge in [0.1, 0.15) is 11.6 Å². The monoisotopic (exact) mass is 399 g/mol. The van der Waals surface area contributed by atoms with Crippen molar-refractivity contribution in [2.75, 3.05) is 6.54 Å². The Hall–Kier alpha value is -2.94. The number of fused-ring (bicyclic) bond motifs is 1. The summed E-state index contributed by atoms with van der Waals surface area (Å²) in [5.74, 6) is -0.727. The highest BCUT2D eigenvalue weighted by atomic mass is 35.5. The number of hydrogen-bond donors (Lipinski definition) is 3. The molecule has 0 aliphatic rings. The molecule has 27 heavy (non-hydrogen) atoms. The smallest absolute Gasteiger partial charge is 0.261 e. The third-order valence-electron chi connectivity index (χ3n) is 4.07. The third-order valence-corrected chi connectivity index (χ3v) is 4.65. The van der Waals surface area contributed by atoms with E-state index in [0.717, 1.165) is 16.5 Å². The molecule has 3 rings (SSSR count). The second kappa shape index (κ2) is 8.17. The van der Waals surface area contributed by atoms with Crippen LogP contribution in [0.15, 0.2) is 48.2 Å². The van der Waals surface area contributed by atoms with Crippen LogP contribution in [-0.4, -0.2) is 22.5 Å². The number of aromatic hydroxyl groups is 1. The number of H-pyrrole nitrogens is 1. The molecule has 0 aliphatic heterocycles. The van der Waals surface area contributed by atoms with E-state index < -0.39 is 5.91 Å². The highest BCUT2D eigenvalue weighted by molar-refractivity contribution is 6.37. The van der Waals surface area contributed by atoms with E-state index in [-0.39, 0.29) is 21.4 Å². The summed E-state index contributed by atoms with van der Waals surface area (Å²) in [6.07, 6.45) is 3.92. The Morgan fingerprint density at radius 1 is 1.26 bits per heavy atom. The predicted octanol–water partition coefficient (Wildman–Crippen LogP) is 4.45. The van der Waals surface area contributed by atoms with Crippen molar-refractivity contribution in [2.24, 2.45) is 0 Å². The number of carbonyl (C=O) groups is 1. The van der Waals surface area contributed by atoms with E-state index in [4.69, 9.17) is 23.2 Å². The van der Waals surface area contributed by atoms with E-state index in [1.165, 1.54) is 18.2 Å². The van der Waals surface area contributed by atoms with Gasteiger partial charge < -0.3 is 15.4 Å². The first-order chi connectivity index (χ1) is 13.0. The van der Waals surface area contributed by atoms with Crippen molar-refractivity contribution in [3.05, 3.63) is 69.3 Å². The first-order valence-electron chi connectivity index (χ1n) is 8.12. The van der Waals surface area contributed by atoms with Gasteiger partial charge in [0.25, 0.3) is 5.91 Å². The quantitative estimate of drug-likeness (QED) is 0.437. The van der Waals surface area contributed by atoms with Crippen LogP contribution in [0.3, 0.4) is 0 Å². The minimum absolute atomic E-state index is 0.0470. The molecule has 136 valence electrons. The van der Waals surface area contributed by atoms with Gasteiger partial charge >= 0.3 is 0 Å². The van der Waals surface area contributed by atoms with Crippen molar-refractivity contribution in [3.8, 4) is 11.8 Å². The normalized spacial score (nSPS) is 11.4. The van der Waals surface area contributed by atoms with Gasteiger partial charge in [-0.2, -0.15) is 5.26 Å². The van der Waals surface area contributed by atoms with Gasteiger partial charge in [-0.15, -0.1) is 0 Å². The number of hydrogen-bond acceptors (Lipinski definition) is 3. The summed E-state index contributed by atoms with van der Waals surface area (Å²) in [4.78, 5) is 15.5. The maximum Gasteiger partial charge on any atom is 0.261 e. The summed E-state index contributed by atoms with van der Waals surface area (Å²) in [5, 5.41) is 22.8. The lowest BCUT2D eigenvalue weighted by Crippen LogP contribution is -2.26. The number of rotatable bonds is 5. The van der Waals surface area contributed by atoms with Crippen LogP contribution in [0.4, 0.5) is 0 Å². The van der Waals surface area contributed by atoms with E-state index in [9.17, 15) is 15.2 Å². The number of benzene rings is 2. The van der Waals surface area contributed by atoms with Gasteiger partial charge in [0.15, 0.2) is 5.75 Å². The maximum absolute atomic E-state index is 12.3. The molecular weight excluding hydrogens is 385 g/mol. The Morgan fingerprint density at radius 2 is 1.96 bits per heavy atom. The molecule has 0 atom stereocenters. The van der Waals surface area contributed by atoms with Gasteiger partial charge in [-0.1, -0.05) is 41.4 Å². The van der Waals surface area contributed by atoms with Crippen molar-refractivity contribution in [3.63, 3.8) is 0 Å². The standard InChI is InChI=1S/C20H15Cl2N3O2/c21-16-8-12(9-17(22)19(16)26)7-14(10-23)20(27)24-6-5-13-11-25-18-4-2-1-3-15(13)18/h1-4,7-9,11,25-26H,5-6H2,(H,24,27)/b14-7+. The van der Waals surface area contributed by atoms with Gasteiger partial charge in [0, 0.05) is 23.6 Å². The summed E-state index contributed by atoms with van der Waals surface area (Å²) < 4.78 is 0. The fourth-order valence-corrected chi connectivity index (χ4v) is 3.23. The number of para-hydroxylation sites is 1. The largest absolute Gasteiger partial charge is 0.505 e. The number of aromatic nitrogens is 1. The average Bonchev–Trinajstić information content (AvgIpc) is 3.07. The Kier molecular flexibility index (Phi) is 5.70. The summed E-state index contributed by atoms with van der Waals surface area (Å²) >= 11 is 11.7. The highest BCUT2D eigenvalue weighted by Gasteiger charge is 2.11. The van der Waals surface area contributed by atoms with Gasteiger partial charge in [0.2, 0.25) is 0 Å². The fourth-order valence-electron chi connectivity index (χ4n) is 2.73. The van der Waals surface area contributed by atoms with E-state index in [0.29, 0.717) is 18.5 Å². The third kappa shape index (κ3) is 4.25. The van der Waals surface area contributed by atoms with Gasteiger partial charge in [0.05, 0.1) is 10.0 Å². The van der Waals surface area contributed by atoms with Crippen molar-refractivity contribution in [1.29, 1.82) is 5.26 Å². The number of halogens is 2. The van der Waals surface area contributed by atoms with Crippen LogP contribution in [-0.2, 0) is 11.2 Å². The molecule has 7 heteroatoms. The molecule has 0 saturated carbocycles. The topological polar surface area (TPSA) is 88.9 Å². The molecule has 5 nitrogen and oxygen atoms in total. The molecular formula is C20H15Cl2N3O2. The summed E-state index contributed by atoms with van der Waals surface area (Å²) in [7, 11) is 0. The van der Waals surface area contributed by atoms with Crippen LogP contribution < -0.4 is 5.32 Å². The lowest BCUT2D eigenvalue weighted by Gasteiger charge is -2.05. The zero-order chi connectivity index (χ0) is 19.4. The number of aromatic amines is 1. The Morgan fingerprint density at radius 3 is 2.67 bits per heavy atom. The molecule has 1 heterocycles. The molecule has 0 aliphatic carbocycles. The Labute approximate surface area is 165 Å². The number of nitriles is 1. The molecule has 2 aromatic carbocycles. The number of nitrogens with zero attached hydrogens (tertiary/aromatic N) is 1. The number of carbonyl (C=O) groups excluding carboxylic acids is 1. The molecule has 1 amide bonds. The van der Waals surface area contributed by atoms with Crippen LogP contribution in [0.2, 0.25) is 10.0 Å². The van der Waals surface area contributed by atoms with Crippen LogP contribution >= 0.6 is 23.2 Å². The number of phenols is 1. The first kappa shape index (κ1) is 18.8. The van der Waals surface area contributed by atoms with Gasteiger partial charge in [-0.25, -0.2) is 0 Å². The minimum Gasteiger partial charge on any atom is -0.505 e. The minimum atomic E-state index is -0.488. The maximum atomic E-state index is 12.3. The lowest BCUT2D eigenvalue weighted by atomic mass is 10.1. The van der Waals surface area contributed by atoms with Crippen LogP contribution in [0.5, 0.6) is 5.75 Å². The van der Waals surface area contributed by atoms with E-state index >= 15 is 0 Å². The van der Waals surface area contributed by atoms with Gasteiger partial charge in [-0.3, -0.25) is 4.79 Å².